The first-order valence-corrected chi connectivity index (χ1v) is 14.7. The van der Waals surface area contributed by atoms with Crippen molar-refractivity contribution < 1.29 is 24.2 Å². The Kier molecular flexibility index (Phi) is 6.54. The quantitative estimate of drug-likeness (QED) is 0.346. The maximum Gasteiger partial charge on any atom is 0.347 e. The smallest absolute Gasteiger partial charge is 0.347 e. The zero-order valence-corrected chi connectivity index (χ0v) is 25.0. The van der Waals surface area contributed by atoms with Crippen LogP contribution in [-0.2, 0) is 28.6 Å². The third-order valence-corrected chi connectivity index (χ3v) is 9.65. The maximum absolute atomic E-state index is 15.1. The Bertz CT molecular complexity index is 2030. The van der Waals surface area contributed by atoms with Crippen LogP contribution in [0.3, 0.4) is 0 Å². The summed E-state index contributed by atoms with van der Waals surface area (Å²) in [5.41, 5.74) is 0.220. The zero-order chi connectivity index (χ0) is 31.6. The number of Topliss-reactive ketones (excluding diaryl/α,β-unsaturated/α-hetero) is 1. The molecule has 1 N–H and O–H groups in total. The van der Waals surface area contributed by atoms with E-state index in [1.165, 1.54) is 48.8 Å². The number of rotatable bonds is 5. The molecule has 0 saturated heterocycles. The summed E-state index contributed by atoms with van der Waals surface area (Å²) in [6.45, 7) is 0.0861. The number of benzene rings is 3. The summed E-state index contributed by atoms with van der Waals surface area (Å²) in [6, 6.07) is 20.4. The second-order valence-electron chi connectivity index (χ2n) is 11.6. The van der Waals surface area contributed by atoms with Gasteiger partial charge in [-0.15, -0.1) is 0 Å². The van der Waals surface area contributed by atoms with Gasteiger partial charge in [0.25, 0.3) is 0 Å². The first-order valence-electron chi connectivity index (χ1n) is 14.7. The van der Waals surface area contributed by atoms with E-state index in [0.717, 1.165) is 4.57 Å². The number of fused-ring (bicyclic) bond motifs is 4. The Labute approximate surface area is 258 Å². The molecule has 10 heteroatoms. The van der Waals surface area contributed by atoms with Gasteiger partial charge in [0, 0.05) is 42.2 Å². The van der Waals surface area contributed by atoms with E-state index in [1.54, 1.807) is 12.1 Å². The number of phenols is 1. The molecule has 4 aromatic rings. The molecule has 7 rings (SSSR count). The van der Waals surface area contributed by atoms with Crippen molar-refractivity contribution in [2.75, 3.05) is 14.2 Å². The number of phenolic OH excluding ortho intramolecular Hbond substituents is 1. The van der Waals surface area contributed by atoms with Gasteiger partial charge in [0.2, 0.25) is 0 Å². The van der Waals surface area contributed by atoms with Gasteiger partial charge < -0.3 is 14.6 Å². The minimum atomic E-state index is -1.47. The number of carbonyl (C=O) groups excluding carboxylic acids is 2. The molecule has 0 unspecified atom stereocenters. The van der Waals surface area contributed by atoms with Gasteiger partial charge in [-0.1, -0.05) is 66.7 Å². The number of aromatic nitrogens is 3. The lowest BCUT2D eigenvalue weighted by Crippen LogP contribution is -2.58. The molecule has 0 amide bonds. The van der Waals surface area contributed by atoms with E-state index >= 15 is 4.79 Å². The molecule has 2 aliphatic carbocycles. The van der Waals surface area contributed by atoms with Crippen molar-refractivity contribution in [3.8, 4) is 17.2 Å². The molecule has 1 aromatic heterocycles. The first-order chi connectivity index (χ1) is 21.7. The molecule has 228 valence electrons. The Balaban J connectivity index is 1.62. The summed E-state index contributed by atoms with van der Waals surface area (Å²) in [4.78, 5) is 56.6. The fraction of sp³-hybridized carbons (Fsp3) is 0.257. The van der Waals surface area contributed by atoms with Crippen molar-refractivity contribution in [1.29, 1.82) is 0 Å². The highest BCUT2D eigenvalue weighted by molar-refractivity contribution is 6.31. The number of hydrogen-bond acceptors (Lipinski definition) is 7. The topological polar surface area (TPSA) is 122 Å². The fourth-order valence-corrected chi connectivity index (χ4v) is 7.77. The van der Waals surface area contributed by atoms with Crippen LogP contribution in [0.25, 0.3) is 5.57 Å². The zero-order valence-electron chi connectivity index (χ0n) is 25.0. The Hall–Kier alpha value is -5.38. The molecule has 0 bridgehead atoms. The van der Waals surface area contributed by atoms with Crippen LogP contribution in [0.15, 0.2) is 100 Å². The van der Waals surface area contributed by atoms with Crippen LogP contribution in [-0.4, -0.2) is 44.8 Å². The molecule has 45 heavy (non-hydrogen) atoms. The second kappa shape index (κ2) is 10.4. The van der Waals surface area contributed by atoms with Crippen LogP contribution >= 0.6 is 0 Å². The predicted molar refractivity (Wildman–Crippen MR) is 166 cm³/mol. The van der Waals surface area contributed by atoms with E-state index in [1.807, 2.05) is 54.6 Å². The van der Waals surface area contributed by atoms with Crippen molar-refractivity contribution >= 4 is 17.1 Å². The Morgan fingerprint density at radius 1 is 0.867 bits per heavy atom. The number of nitrogens with zero attached hydrogens (tertiary/aromatic N) is 3. The highest BCUT2D eigenvalue weighted by Crippen LogP contribution is 2.63. The summed E-state index contributed by atoms with van der Waals surface area (Å²) in [6.07, 6.45) is 3.41. The van der Waals surface area contributed by atoms with Crippen LogP contribution < -0.4 is 20.9 Å². The minimum Gasteiger partial charge on any atom is -0.508 e. The Morgan fingerprint density at radius 2 is 1.49 bits per heavy atom. The molecule has 1 aliphatic heterocycles. The first kappa shape index (κ1) is 28.4. The number of ketones is 2. The minimum absolute atomic E-state index is 0.0861. The average Bonchev–Trinajstić information content (AvgIpc) is 3.29. The third-order valence-electron chi connectivity index (χ3n) is 9.65. The number of methoxy groups -OCH3 is 2. The summed E-state index contributed by atoms with van der Waals surface area (Å²) in [7, 11) is 4.34. The Morgan fingerprint density at radius 3 is 2.11 bits per heavy atom. The van der Waals surface area contributed by atoms with Crippen molar-refractivity contribution in [1.82, 2.24) is 13.9 Å². The number of aromatic hydroxyl groups is 1. The van der Waals surface area contributed by atoms with Crippen LogP contribution in [0.2, 0.25) is 0 Å². The monoisotopic (exact) mass is 605 g/mol. The highest BCUT2D eigenvalue weighted by Gasteiger charge is 2.64. The second-order valence-corrected chi connectivity index (χ2v) is 11.6. The highest BCUT2D eigenvalue weighted by atomic mass is 16.5. The van der Waals surface area contributed by atoms with Gasteiger partial charge in [-0.2, -0.15) is 0 Å². The van der Waals surface area contributed by atoms with E-state index in [9.17, 15) is 19.5 Å². The van der Waals surface area contributed by atoms with Gasteiger partial charge >= 0.3 is 11.4 Å². The van der Waals surface area contributed by atoms with Crippen molar-refractivity contribution in [3.05, 3.63) is 128 Å². The van der Waals surface area contributed by atoms with E-state index in [0.29, 0.717) is 27.8 Å². The molecule has 3 aliphatic rings. The molecule has 0 radical (unpaired) electrons. The van der Waals surface area contributed by atoms with E-state index in [4.69, 9.17) is 9.47 Å². The van der Waals surface area contributed by atoms with Crippen LogP contribution in [0.4, 0.5) is 0 Å². The lowest BCUT2D eigenvalue weighted by Gasteiger charge is -2.54. The molecule has 3 aromatic carbocycles. The van der Waals surface area contributed by atoms with E-state index < -0.39 is 34.7 Å². The molecule has 0 spiro atoms. The van der Waals surface area contributed by atoms with E-state index in [-0.39, 0.29) is 41.8 Å². The summed E-state index contributed by atoms with van der Waals surface area (Å²) < 4.78 is 15.5. The van der Waals surface area contributed by atoms with Gasteiger partial charge in [-0.05, 0) is 29.2 Å². The van der Waals surface area contributed by atoms with Crippen LogP contribution in [0, 0.1) is 5.92 Å². The molecule has 10 nitrogen and oxygen atoms in total. The molecule has 1 saturated carbocycles. The van der Waals surface area contributed by atoms with Crippen molar-refractivity contribution in [2.24, 2.45) is 13.0 Å². The van der Waals surface area contributed by atoms with Gasteiger partial charge in [0.05, 0.1) is 32.2 Å². The van der Waals surface area contributed by atoms with Crippen molar-refractivity contribution in [2.45, 2.75) is 30.3 Å². The molecular weight excluding hydrogens is 574 g/mol. The van der Waals surface area contributed by atoms with Crippen molar-refractivity contribution in [3.63, 3.8) is 0 Å². The summed E-state index contributed by atoms with van der Waals surface area (Å²) >= 11 is 0. The maximum atomic E-state index is 15.1. The van der Waals surface area contributed by atoms with Gasteiger partial charge in [-0.25, -0.2) is 23.5 Å². The van der Waals surface area contributed by atoms with Gasteiger partial charge in [0.15, 0.2) is 11.6 Å². The number of ether oxygens (including phenoxy) is 2. The van der Waals surface area contributed by atoms with Crippen LogP contribution in [0.1, 0.15) is 35.1 Å². The molecule has 4 atom stereocenters. The lowest BCUT2D eigenvalue weighted by atomic mass is 9.47. The largest absolute Gasteiger partial charge is 0.508 e. The predicted octanol–water partition coefficient (Wildman–Crippen LogP) is 3.53. The van der Waals surface area contributed by atoms with Crippen LogP contribution in [0.5, 0.6) is 17.2 Å². The molecular formula is C35H31N3O7. The normalized spacial score (nSPS) is 23.8. The lowest BCUT2D eigenvalue weighted by molar-refractivity contribution is -0.133. The van der Waals surface area contributed by atoms with Gasteiger partial charge in [0.1, 0.15) is 17.2 Å². The fourth-order valence-electron chi connectivity index (χ4n) is 7.77. The number of hydrogen-bond donors (Lipinski definition) is 1. The standard InChI is InChI=1S/C35H31N3O7/c1-36-33(42)37-15-14-23-26(38(37)34(36)43)19-25-32(41)24(20-10-6-4-7-11-20)18-29(40)35(25,21-12-8-5-9-13-21)31(23)30-27(44-2)16-22(39)17-28(30)45-3/h4-14,16-18,25-26,31,39H,15,19H2,1-3H3/t25-,26+,31+,35-/m0/s1. The number of allylic oxidation sites excluding steroid dienone is 4. The molecule has 1 fully saturated rings. The summed E-state index contributed by atoms with van der Waals surface area (Å²) in [5.74, 6) is -1.93. The van der Waals surface area contributed by atoms with Gasteiger partial charge in [-0.3, -0.25) is 9.59 Å². The summed E-state index contributed by atoms with van der Waals surface area (Å²) in [5, 5.41) is 10.6. The average molecular weight is 606 g/mol. The third kappa shape index (κ3) is 3.87. The SMILES string of the molecule is COc1cc(O)cc(OC)c1[C@H]1C2=CCn3c(=O)n(C)c(=O)n3[C@@H]2C[C@H]2C(=O)C(c3ccccc3)=CC(=O)[C@@]12c1ccccc1. The number of carbonyl (C=O) groups is 2. The van der Waals surface area contributed by atoms with E-state index in [2.05, 4.69) is 0 Å². The molecule has 2 heterocycles.